The van der Waals surface area contributed by atoms with Gasteiger partial charge in [-0.1, -0.05) is 34.1 Å². The second-order valence-corrected chi connectivity index (χ2v) is 4.53. The number of halogens is 1. The summed E-state index contributed by atoms with van der Waals surface area (Å²) in [6.07, 6.45) is 0. The van der Waals surface area contributed by atoms with Crippen LogP contribution in [0.5, 0.6) is 11.5 Å². The average Bonchev–Trinajstić information content (AvgIpc) is 2.30. The summed E-state index contributed by atoms with van der Waals surface area (Å²) in [6, 6.07) is 14.8. The predicted octanol–water partition coefficient (Wildman–Crippen LogP) is 4.44. The lowest BCUT2D eigenvalue weighted by atomic mass is 10.1. The van der Waals surface area contributed by atoms with E-state index in [1.165, 1.54) is 6.92 Å². The summed E-state index contributed by atoms with van der Waals surface area (Å²) in [7, 11) is 0. The Bertz CT molecular complexity index is 535. The Balaban J connectivity index is 2.37. The Morgan fingerprint density at radius 2 is 1.82 bits per heavy atom. The zero-order valence-electron chi connectivity index (χ0n) is 9.31. The molecule has 0 saturated heterocycles. The van der Waals surface area contributed by atoms with Crippen LogP contribution in [0, 0.1) is 0 Å². The third-order valence-corrected chi connectivity index (χ3v) is 2.79. The van der Waals surface area contributed by atoms with Gasteiger partial charge in [-0.3, -0.25) is 4.79 Å². The van der Waals surface area contributed by atoms with Crippen LogP contribution < -0.4 is 4.74 Å². The van der Waals surface area contributed by atoms with Gasteiger partial charge in [0.05, 0.1) is 5.56 Å². The van der Waals surface area contributed by atoms with Gasteiger partial charge in [-0.05, 0) is 37.3 Å². The van der Waals surface area contributed by atoms with Crippen molar-refractivity contribution < 1.29 is 9.53 Å². The van der Waals surface area contributed by atoms with Crippen molar-refractivity contribution in [2.45, 2.75) is 6.92 Å². The number of carbonyl (C=O) groups is 1. The van der Waals surface area contributed by atoms with Crippen LogP contribution in [0.1, 0.15) is 17.3 Å². The van der Waals surface area contributed by atoms with E-state index in [1.54, 1.807) is 12.1 Å². The second kappa shape index (κ2) is 5.15. The number of Topliss-reactive ketones (excluding diaryl/α,β-unsaturated/α-hetero) is 1. The van der Waals surface area contributed by atoms with Crippen molar-refractivity contribution >= 4 is 21.7 Å². The van der Waals surface area contributed by atoms with Crippen molar-refractivity contribution in [3.8, 4) is 11.5 Å². The van der Waals surface area contributed by atoms with Gasteiger partial charge in [0.15, 0.2) is 5.78 Å². The van der Waals surface area contributed by atoms with E-state index in [2.05, 4.69) is 15.9 Å². The fourth-order valence-electron chi connectivity index (χ4n) is 1.49. The first kappa shape index (κ1) is 11.9. The largest absolute Gasteiger partial charge is 0.457 e. The van der Waals surface area contributed by atoms with Gasteiger partial charge < -0.3 is 4.74 Å². The molecule has 2 rings (SSSR count). The Morgan fingerprint density at radius 3 is 2.47 bits per heavy atom. The zero-order chi connectivity index (χ0) is 12.3. The lowest BCUT2D eigenvalue weighted by Gasteiger charge is -2.09. The third kappa shape index (κ3) is 2.94. The van der Waals surface area contributed by atoms with E-state index in [0.29, 0.717) is 17.1 Å². The molecule has 0 saturated carbocycles. The number of hydrogen-bond donors (Lipinski definition) is 0. The van der Waals surface area contributed by atoms with E-state index >= 15 is 0 Å². The number of para-hydroxylation sites is 1. The summed E-state index contributed by atoms with van der Waals surface area (Å²) in [5.41, 5.74) is 0.581. The molecule has 0 aromatic heterocycles. The molecule has 86 valence electrons. The standard InChI is InChI=1S/C14H11BrO2/c1-10(16)13-8-7-11(15)9-14(13)17-12-5-3-2-4-6-12/h2-9H,1H3. The van der Waals surface area contributed by atoms with Crippen molar-refractivity contribution in [2.75, 3.05) is 0 Å². The van der Waals surface area contributed by atoms with Crippen molar-refractivity contribution in [3.63, 3.8) is 0 Å². The van der Waals surface area contributed by atoms with Gasteiger partial charge >= 0.3 is 0 Å². The molecule has 0 N–H and O–H groups in total. The summed E-state index contributed by atoms with van der Waals surface area (Å²) in [5.74, 6) is 1.27. The number of ketones is 1. The van der Waals surface area contributed by atoms with E-state index in [9.17, 15) is 4.79 Å². The third-order valence-electron chi connectivity index (χ3n) is 2.29. The quantitative estimate of drug-likeness (QED) is 0.781. The van der Waals surface area contributed by atoms with Crippen LogP contribution in [0.4, 0.5) is 0 Å². The molecule has 0 aliphatic rings. The minimum Gasteiger partial charge on any atom is -0.457 e. The molecule has 0 aliphatic carbocycles. The molecule has 2 aromatic carbocycles. The Labute approximate surface area is 108 Å². The first-order valence-electron chi connectivity index (χ1n) is 5.20. The predicted molar refractivity (Wildman–Crippen MR) is 70.7 cm³/mol. The molecule has 0 fully saturated rings. The Morgan fingerprint density at radius 1 is 1.12 bits per heavy atom. The zero-order valence-corrected chi connectivity index (χ0v) is 10.9. The number of carbonyl (C=O) groups excluding carboxylic acids is 1. The first-order valence-corrected chi connectivity index (χ1v) is 5.99. The van der Waals surface area contributed by atoms with Gasteiger partial charge in [-0.15, -0.1) is 0 Å². The highest BCUT2D eigenvalue weighted by Gasteiger charge is 2.09. The van der Waals surface area contributed by atoms with Gasteiger partial charge in [0, 0.05) is 4.47 Å². The van der Waals surface area contributed by atoms with E-state index in [-0.39, 0.29) is 5.78 Å². The Kier molecular flexibility index (Phi) is 3.59. The van der Waals surface area contributed by atoms with Crippen LogP contribution in [-0.4, -0.2) is 5.78 Å². The van der Waals surface area contributed by atoms with Crippen molar-refractivity contribution in [1.82, 2.24) is 0 Å². The molecule has 0 heterocycles. The number of rotatable bonds is 3. The molecular weight excluding hydrogens is 280 g/mol. The van der Waals surface area contributed by atoms with E-state index in [1.807, 2.05) is 36.4 Å². The smallest absolute Gasteiger partial charge is 0.163 e. The van der Waals surface area contributed by atoms with Crippen LogP contribution in [0.25, 0.3) is 0 Å². The number of benzene rings is 2. The summed E-state index contributed by atoms with van der Waals surface area (Å²) in [4.78, 5) is 11.5. The summed E-state index contributed by atoms with van der Waals surface area (Å²) < 4.78 is 6.58. The lowest BCUT2D eigenvalue weighted by Crippen LogP contribution is -1.96. The first-order chi connectivity index (χ1) is 8.16. The highest BCUT2D eigenvalue weighted by Crippen LogP contribution is 2.28. The maximum atomic E-state index is 11.5. The highest BCUT2D eigenvalue weighted by molar-refractivity contribution is 9.10. The molecular formula is C14H11BrO2. The molecule has 0 unspecified atom stereocenters. The van der Waals surface area contributed by atoms with Gasteiger partial charge in [0.1, 0.15) is 11.5 Å². The summed E-state index contributed by atoms with van der Waals surface area (Å²) >= 11 is 3.37. The average molecular weight is 291 g/mol. The van der Waals surface area contributed by atoms with Gasteiger partial charge in [-0.25, -0.2) is 0 Å². The van der Waals surface area contributed by atoms with Crippen LogP contribution in [0.15, 0.2) is 53.0 Å². The van der Waals surface area contributed by atoms with Crippen molar-refractivity contribution in [2.24, 2.45) is 0 Å². The fourth-order valence-corrected chi connectivity index (χ4v) is 1.83. The fraction of sp³-hybridized carbons (Fsp3) is 0.0714. The second-order valence-electron chi connectivity index (χ2n) is 3.61. The molecule has 0 atom stereocenters. The minimum atomic E-state index is -0.0107. The molecule has 3 heteroatoms. The highest BCUT2D eigenvalue weighted by atomic mass is 79.9. The van der Waals surface area contributed by atoms with Gasteiger partial charge in [0.25, 0.3) is 0 Å². The van der Waals surface area contributed by atoms with Crippen molar-refractivity contribution in [3.05, 3.63) is 58.6 Å². The van der Waals surface area contributed by atoms with Crippen LogP contribution in [0.2, 0.25) is 0 Å². The normalized spacial score (nSPS) is 10.0. The molecule has 17 heavy (non-hydrogen) atoms. The molecule has 0 bridgehead atoms. The molecule has 0 amide bonds. The summed E-state index contributed by atoms with van der Waals surface area (Å²) in [6.45, 7) is 1.53. The molecule has 2 aromatic rings. The topological polar surface area (TPSA) is 26.3 Å². The number of ether oxygens (including phenoxy) is 1. The molecule has 2 nitrogen and oxygen atoms in total. The van der Waals surface area contributed by atoms with Crippen molar-refractivity contribution in [1.29, 1.82) is 0 Å². The molecule has 0 radical (unpaired) electrons. The maximum absolute atomic E-state index is 11.5. The lowest BCUT2D eigenvalue weighted by molar-refractivity contribution is 0.101. The van der Waals surface area contributed by atoms with Crippen LogP contribution >= 0.6 is 15.9 Å². The van der Waals surface area contributed by atoms with Crippen LogP contribution in [-0.2, 0) is 0 Å². The monoisotopic (exact) mass is 290 g/mol. The molecule has 0 spiro atoms. The Hall–Kier alpha value is -1.61. The minimum absolute atomic E-state index is 0.0107. The van der Waals surface area contributed by atoms with E-state index in [0.717, 1.165) is 4.47 Å². The molecule has 0 aliphatic heterocycles. The van der Waals surface area contributed by atoms with Gasteiger partial charge in [-0.2, -0.15) is 0 Å². The maximum Gasteiger partial charge on any atom is 0.163 e. The SMILES string of the molecule is CC(=O)c1ccc(Br)cc1Oc1ccccc1. The number of hydrogen-bond acceptors (Lipinski definition) is 2. The summed E-state index contributed by atoms with van der Waals surface area (Å²) in [5, 5.41) is 0. The van der Waals surface area contributed by atoms with Gasteiger partial charge in [0.2, 0.25) is 0 Å². The van der Waals surface area contributed by atoms with Crippen LogP contribution in [0.3, 0.4) is 0 Å². The van der Waals surface area contributed by atoms with E-state index in [4.69, 9.17) is 4.74 Å². The van der Waals surface area contributed by atoms with E-state index < -0.39 is 0 Å².